The molecular formula is C16H28FIN4O3S. The molecule has 0 saturated carbocycles. The number of benzene rings is 1. The first-order valence-electron chi connectivity index (χ1n) is 7.87. The van der Waals surface area contributed by atoms with Crippen LogP contribution >= 0.6 is 24.0 Å². The molecule has 1 unspecified atom stereocenters. The van der Waals surface area contributed by atoms with Crippen molar-refractivity contribution < 1.29 is 17.5 Å². The monoisotopic (exact) mass is 502 g/mol. The summed E-state index contributed by atoms with van der Waals surface area (Å²) in [5, 5.41) is 6.10. The zero-order valence-electron chi connectivity index (χ0n) is 15.7. The van der Waals surface area contributed by atoms with Crippen molar-refractivity contribution in [1.29, 1.82) is 0 Å². The van der Waals surface area contributed by atoms with Gasteiger partial charge in [-0.3, -0.25) is 4.99 Å². The van der Waals surface area contributed by atoms with Crippen LogP contribution in [0.4, 0.5) is 4.39 Å². The second-order valence-electron chi connectivity index (χ2n) is 6.42. The van der Waals surface area contributed by atoms with Crippen LogP contribution in [0.5, 0.6) is 5.75 Å². The largest absolute Gasteiger partial charge is 0.486 e. The molecule has 1 atom stereocenters. The van der Waals surface area contributed by atoms with Crippen LogP contribution in [0.1, 0.15) is 20.8 Å². The van der Waals surface area contributed by atoms with Gasteiger partial charge in [0, 0.05) is 19.1 Å². The van der Waals surface area contributed by atoms with Crippen LogP contribution in [0, 0.1) is 5.82 Å². The van der Waals surface area contributed by atoms with Crippen LogP contribution in [0.25, 0.3) is 0 Å². The topological polar surface area (TPSA) is 91.8 Å². The number of nitrogens with one attached hydrogen (secondary N) is 3. The molecule has 0 aliphatic rings. The molecule has 1 aromatic rings. The van der Waals surface area contributed by atoms with Crippen molar-refractivity contribution in [1.82, 2.24) is 15.4 Å². The quantitative estimate of drug-likeness (QED) is 0.286. The van der Waals surface area contributed by atoms with Gasteiger partial charge in [-0.1, -0.05) is 12.1 Å². The summed E-state index contributed by atoms with van der Waals surface area (Å²) >= 11 is 0. The minimum absolute atomic E-state index is 0. The van der Waals surface area contributed by atoms with Crippen molar-refractivity contribution in [3.63, 3.8) is 0 Å². The summed E-state index contributed by atoms with van der Waals surface area (Å²) in [7, 11) is -1.70. The fourth-order valence-electron chi connectivity index (χ4n) is 2.10. The van der Waals surface area contributed by atoms with E-state index in [1.807, 2.05) is 6.92 Å². The van der Waals surface area contributed by atoms with Crippen LogP contribution in [-0.4, -0.2) is 52.4 Å². The van der Waals surface area contributed by atoms with Crippen molar-refractivity contribution in [2.75, 3.05) is 26.4 Å². The molecule has 1 aromatic carbocycles. The van der Waals surface area contributed by atoms with E-state index in [-0.39, 0.29) is 35.8 Å². The molecule has 0 aliphatic carbocycles. The normalized spacial score (nSPS) is 13.5. The molecule has 7 nitrogen and oxygen atoms in total. The van der Waals surface area contributed by atoms with Gasteiger partial charge in [-0.15, -0.1) is 24.0 Å². The number of aliphatic imine (C=N–C) groups is 1. The van der Waals surface area contributed by atoms with Gasteiger partial charge in [-0.25, -0.2) is 17.5 Å². The highest BCUT2D eigenvalue weighted by molar-refractivity contribution is 14.0. The third-order valence-electron chi connectivity index (χ3n) is 3.10. The van der Waals surface area contributed by atoms with Gasteiger partial charge in [0.15, 0.2) is 17.5 Å². The molecule has 0 amide bonds. The van der Waals surface area contributed by atoms with E-state index in [0.717, 1.165) is 6.26 Å². The Morgan fingerprint density at radius 2 is 1.92 bits per heavy atom. The minimum atomic E-state index is -3.31. The van der Waals surface area contributed by atoms with Gasteiger partial charge in [0.1, 0.15) is 6.10 Å². The lowest BCUT2D eigenvalue weighted by molar-refractivity contribution is 0.214. The molecule has 0 saturated heterocycles. The molecular weight excluding hydrogens is 474 g/mol. The molecule has 1 rings (SSSR count). The lowest BCUT2D eigenvalue weighted by atomic mass is 10.1. The third kappa shape index (κ3) is 10.1. The molecule has 0 radical (unpaired) electrons. The number of rotatable bonds is 8. The predicted molar refractivity (Wildman–Crippen MR) is 113 cm³/mol. The molecule has 150 valence electrons. The number of para-hydroxylation sites is 1. The lowest BCUT2D eigenvalue weighted by Gasteiger charge is -2.26. The summed E-state index contributed by atoms with van der Waals surface area (Å²) in [6, 6.07) is 6.21. The van der Waals surface area contributed by atoms with Gasteiger partial charge in [-0.05, 0) is 32.9 Å². The standard InChI is InChI=1S/C16H27FN4O3S.HI/c1-12(24-14-9-7-6-8-13(14)17)10-19-15(18-4)20-11-16(2,3)21-25(5,22)23;/h6-9,12,21H,10-11H2,1-5H3,(H2,18,19,20);1H. The van der Waals surface area contributed by atoms with Crippen molar-refractivity contribution >= 4 is 40.0 Å². The van der Waals surface area contributed by atoms with Crippen molar-refractivity contribution in [3.05, 3.63) is 30.1 Å². The van der Waals surface area contributed by atoms with E-state index < -0.39 is 21.4 Å². The number of hydrogen-bond acceptors (Lipinski definition) is 4. The van der Waals surface area contributed by atoms with Crippen LogP contribution in [0.15, 0.2) is 29.3 Å². The molecule has 0 heterocycles. The molecule has 26 heavy (non-hydrogen) atoms. The summed E-state index contributed by atoms with van der Waals surface area (Å²) in [5.41, 5.74) is -0.680. The molecule has 10 heteroatoms. The molecule has 0 bridgehead atoms. The summed E-state index contributed by atoms with van der Waals surface area (Å²) in [6.45, 7) is 6.06. The molecule has 3 N–H and O–H groups in total. The lowest BCUT2D eigenvalue weighted by Crippen LogP contribution is -2.53. The number of nitrogens with zero attached hydrogens (tertiary/aromatic N) is 1. The van der Waals surface area contributed by atoms with Gasteiger partial charge in [0.2, 0.25) is 10.0 Å². The molecule has 0 fully saturated rings. The fraction of sp³-hybridized carbons (Fsp3) is 0.562. The number of halogens is 2. The summed E-state index contributed by atoms with van der Waals surface area (Å²) in [6.07, 6.45) is 0.821. The zero-order chi connectivity index (χ0) is 19.1. The van der Waals surface area contributed by atoms with Gasteiger partial charge in [0.05, 0.1) is 12.8 Å². The number of sulfonamides is 1. The third-order valence-corrected chi connectivity index (χ3v) is 4.03. The molecule has 0 aromatic heterocycles. The van der Waals surface area contributed by atoms with E-state index in [4.69, 9.17) is 4.74 Å². The van der Waals surface area contributed by atoms with Crippen molar-refractivity contribution in [3.8, 4) is 5.75 Å². The van der Waals surface area contributed by atoms with E-state index in [2.05, 4.69) is 20.3 Å². The second-order valence-corrected chi connectivity index (χ2v) is 8.17. The van der Waals surface area contributed by atoms with Gasteiger partial charge < -0.3 is 15.4 Å². The van der Waals surface area contributed by atoms with Crippen LogP contribution in [0.2, 0.25) is 0 Å². The van der Waals surface area contributed by atoms with Gasteiger partial charge in [-0.2, -0.15) is 0 Å². The maximum atomic E-state index is 13.6. The maximum absolute atomic E-state index is 13.6. The van der Waals surface area contributed by atoms with Crippen molar-refractivity contribution in [2.24, 2.45) is 4.99 Å². The Kier molecular flexibility index (Phi) is 10.4. The van der Waals surface area contributed by atoms with Crippen LogP contribution in [-0.2, 0) is 10.0 Å². The summed E-state index contributed by atoms with van der Waals surface area (Å²) < 4.78 is 44.3. The van der Waals surface area contributed by atoms with Gasteiger partial charge >= 0.3 is 0 Å². The first kappa shape index (κ1) is 24.9. The summed E-state index contributed by atoms with van der Waals surface area (Å²) in [4.78, 5) is 4.07. The first-order chi connectivity index (χ1) is 11.5. The van der Waals surface area contributed by atoms with Crippen LogP contribution in [0.3, 0.4) is 0 Å². The Morgan fingerprint density at radius 1 is 1.31 bits per heavy atom. The highest BCUT2D eigenvalue weighted by Crippen LogP contribution is 2.16. The summed E-state index contributed by atoms with van der Waals surface area (Å²) in [5.74, 6) is 0.274. The number of hydrogen-bond donors (Lipinski definition) is 3. The highest BCUT2D eigenvalue weighted by Gasteiger charge is 2.22. The average Bonchev–Trinajstić information content (AvgIpc) is 2.47. The zero-order valence-corrected chi connectivity index (χ0v) is 18.8. The maximum Gasteiger partial charge on any atom is 0.209 e. The van der Waals surface area contributed by atoms with E-state index in [0.29, 0.717) is 19.0 Å². The Morgan fingerprint density at radius 3 is 2.46 bits per heavy atom. The Balaban J connectivity index is 0.00000625. The Bertz CT molecular complexity index is 698. The predicted octanol–water partition coefficient (Wildman–Crippen LogP) is 1.70. The smallest absolute Gasteiger partial charge is 0.209 e. The first-order valence-corrected chi connectivity index (χ1v) is 9.76. The number of guanidine groups is 1. The second kappa shape index (κ2) is 10.9. The van der Waals surface area contributed by atoms with E-state index in [1.165, 1.54) is 6.07 Å². The average molecular weight is 502 g/mol. The van der Waals surface area contributed by atoms with E-state index in [9.17, 15) is 12.8 Å². The molecule has 0 spiro atoms. The SMILES string of the molecule is CN=C(NCC(C)Oc1ccccc1F)NCC(C)(C)NS(C)(=O)=O.I. The highest BCUT2D eigenvalue weighted by atomic mass is 127. The van der Waals surface area contributed by atoms with E-state index in [1.54, 1.807) is 39.1 Å². The van der Waals surface area contributed by atoms with E-state index >= 15 is 0 Å². The Labute approximate surface area is 172 Å². The Hall–Kier alpha value is -1.14. The molecule has 0 aliphatic heterocycles. The fourth-order valence-corrected chi connectivity index (χ4v) is 3.18. The number of ether oxygens (including phenoxy) is 1. The van der Waals surface area contributed by atoms with Crippen LogP contribution < -0.4 is 20.1 Å². The van der Waals surface area contributed by atoms with Crippen molar-refractivity contribution in [2.45, 2.75) is 32.4 Å². The van der Waals surface area contributed by atoms with Gasteiger partial charge in [0.25, 0.3) is 0 Å². The minimum Gasteiger partial charge on any atom is -0.486 e.